The number of nitrogens with zero attached hydrogens (tertiary/aromatic N) is 1. The second-order valence-electron chi connectivity index (χ2n) is 8.75. The highest BCUT2D eigenvalue weighted by Crippen LogP contribution is 2.37. The van der Waals surface area contributed by atoms with E-state index in [0.717, 1.165) is 30.3 Å². The maximum absolute atomic E-state index is 13.3. The Bertz CT molecular complexity index is 996. The number of nitrogens with one attached hydrogen (secondary N) is 1. The van der Waals surface area contributed by atoms with Gasteiger partial charge in [0, 0.05) is 29.7 Å². The number of amides is 2. The van der Waals surface area contributed by atoms with E-state index in [1.54, 1.807) is 32.4 Å². The van der Waals surface area contributed by atoms with E-state index >= 15 is 0 Å². The number of carbonyl (C=O) groups excluding carboxylic acids is 2. The summed E-state index contributed by atoms with van der Waals surface area (Å²) in [6.07, 6.45) is 6.28. The minimum Gasteiger partial charge on any atom is -0.493 e. The van der Waals surface area contributed by atoms with Crippen LogP contribution in [0.4, 0.5) is 5.69 Å². The Morgan fingerprint density at radius 2 is 1.76 bits per heavy atom. The highest BCUT2D eigenvalue weighted by molar-refractivity contribution is 8.00. The van der Waals surface area contributed by atoms with Gasteiger partial charge in [-0.2, -0.15) is 0 Å². The van der Waals surface area contributed by atoms with E-state index in [9.17, 15) is 9.59 Å². The molecule has 0 aromatic heterocycles. The molecule has 0 spiro atoms. The fraction of sp³-hybridized carbons (Fsp3) is 0.462. The molecule has 1 saturated heterocycles. The Labute approximate surface area is 200 Å². The molecule has 1 saturated carbocycles. The summed E-state index contributed by atoms with van der Waals surface area (Å²) in [7, 11) is 3.13. The van der Waals surface area contributed by atoms with Crippen molar-refractivity contribution in [3.05, 3.63) is 48.0 Å². The highest BCUT2D eigenvalue weighted by Gasteiger charge is 2.33. The van der Waals surface area contributed by atoms with Gasteiger partial charge in [0.2, 0.25) is 5.91 Å². The van der Waals surface area contributed by atoms with Gasteiger partial charge >= 0.3 is 0 Å². The van der Waals surface area contributed by atoms with Gasteiger partial charge in [0.1, 0.15) is 0 Å². The van der Waals surface area contributed by atoms with Crippen LogP contribution in [0.15, 0.2) is 47.4 Å². The van der Waals surface area contributed by atoms with E-state index in [0.29, 0.717) is 28.7 Å². The Morgan fingerprint density at radius 1 is 1.00 bits per heavy atom. The second-order valence-corrected chi connectivity index (χ2v) is 9.76. The summed E-state index contributed by atoms with van der Waals surface area (Å²) >= 11 is 1.39. The van der Waals surface area contributed by atoms with Gasteiger partial charge in [-0.05, 0) is 48.9 Å². The van der Waals surface area contributed by atoms with Gasteiger partial charge in [-0.3, -0.25) is 9.59 Å². The molecular formula is C26H32N2O4S. The van der Waals surface area contributed by atoms with Crippen molar-refractivity contribution >= 4 is 29.3 Å². The first-order valence-electron chi connectivity index (χ1n) is 11.6. The van der Waals surface area contributed by atoms with E-state index in [1.165, 1.54) is 37.4 Å². The number of ether oxygens (including phenoxy) is 2. The van der Waals surface area contributed by atoms with Gasteiger partial charge in [0.25, 0.3) is 5.91 Å². The van der Waals surface area contributed by atoms with E-state index in [-0.39, 0.29) is 17.6 Å². The molecule has 2 amide bonds. The molecule has 1 heterocycles. The summed E-state index contributed by atoms with van der Waals surface area (Å²) in [4.78, 5) is 28.8. The third-order valence-corrected chi connectivity index (χ3v) is 7.80. The minimum atomic E-state index is -0.141. The number of rotatable bonds is 7. The molecule has 4 rings (SSSR count). The zero-order chi connectivity index (χ0) is 23.2. The standard InChI is InChI=1S/C26H32N2O4S/c1-31-22-12-11-20(15-23(22)32-2)27-25(29)17-33-24-10-6-5-9-21(24)26(30)28-14-13-18-7-3-4-8-19(18)16-28/h5-6,9-12,15,18-19H,3-4,7-8,13-14,16-17H2,1-2H3,(H,27,29). The molecular weight excluding hydrogens is 436 g/mol. The molecule has 2 aromatic rings. The lowest BCUT2D eigenvalue weighted by Crippen LogP contribution is -2.44. The number of benzene rings is 2. The lowest BCUT2D eigenvalue weighted by atomic mass is 9.75. The first kappa shape index (κ1) is 23.5. The van der Waals surface area contributed by atoms with Crippen LogP contribution in [0.5, 0.6) is 11.5 Å². The number of hydrogen-bond acceptors (Lipinski definition) is 5. The van der Waals surface area contributed by atoms with Crippen LogP contribution in [-0.2, 0) is 4.79 Å². The van der Waals surface area contributed by atoms with Crippen molar-refractivity contribution < 1.29 is 19.1 Å². The Kier molecular flexibility index (Phi) is 7.81. The fourth-order valence-corrected chi connectivity index (χ4v) is 5.82. The number of fused-ring (bicyclic) bond motifs is 1. The van der Waals surface area contributed by atoms with Crippen LogP contribution < -0.4 is 14.8 Å². The molecule has 6 nitrogen and oxygen atoms in total. The fourth-order valence-electron chi connectivity index (χ4n) is 4.98. The van der Waals surface area contributed by atoms with E-state index in [4.69, 9.17) is 9.47 Å². The molecule has 1 N–H and O–H groups in total. The number of likely N-dealkylation sites (tertiary alicyclic amines) is 1. The first-order valence-corrected chi connectivity index (χ1v) is 12.6. The lowest BCUT2D eigenvalue weighted by Gasteiger charge is -2.41. The molecule has 33 heavy (non-hydrogen) atoms. The zero-order valence-electron chi connectivity index (χ0n) is 19.3. The minimum absolute atomic E-state index is 0.0856. The average molecular weight is 469 g/mol. The number of thioether (sulfide) groups is 1. The number of anilines is 1. The molecule has 2 aliphatic rings. The molecule has 2 atom stereocenters. The third kappa shape index (κ3) is 5.64. The number of carbonyl (C=O) groups is 2. The van der Waals surface area contributed by atoms with Crippen LogP contribution in [-0.4, -0.2) is 49.8 Å². The second kappa shape index (κ2) is 11.0. The van der Waals surface area contributed by atoms with Crippen LogP contribution in [0, 0.1) is 11.8 Å². The smallest absolute Gasteiger partial charge is 0.254 e. The van der Waals surface area contributed by atoms with Crippen molar-refractivity contribution in [2.75, 3.05) is 38.4 Å². The lowest BCUT2D eigenvalue weighted by molar-refractivity contribution is -0.113. The van der Waals surface area contributed by atoms with Crippen molar-refractivity contribution in [2.24, 2.45) is 11.8 Å². The number of hydrogen-bond donors (Lipinski definition) is 1. The Hall–Kier alpha value is -2.67. The molecule has 1 aliphatic heterocycles. The maximum Gasteiger partial charge on any atom is 0.254 e. The first-order chi connectivity index (χ1) is 16.1. The summed E-state index contributed by atoms with van der Waals surface area (Å²) in [6, 6.07) is 12.9. The van der Waals surface area contributed by atoms with Crippen LogP contribution >= 0.6 is 11.8 Å². The summed E-state index contributed by atoms with van der Waals surface area (Å²) in [5.74, 6) is 2.75. The van der Waals surface area contributed by atoms with E-state index < -0.39 is 0 Å². The number of methoxy groups -OCH3 is 2. The van der Waals surface area contributed by atoms with Crippen molar-refractivity contribution in [1.82, 2.24) is 4.90 Å². The van der Waals surface area contributed by atoms with Gasteiger partial charge in [-0.15, -0.1) is 11.8 Å². The molecule has 176 valence electrons. The highest BCUT2D eigenvalue weighted by atomic mass is 32.2. The van der Waals surface area contributed by atoms with Gasteiger partial charge in [0.15, 0.2) is 11.5 Å². The van der Waals surface area contributed by atoms with Gasteiger partial charge in [-0.25, -0.2) is 0 Å². The van der Waals surface area contributed by atoms with Crippen molar-refractivity contribution in [2.45, 2.75) is 37.0 Å². The summed E-state index contributed by atoms with van der Waals surface area (Å²) in [5.41, 5.74) is 1.33. The summed E-state index contributed by atoms with van der Waals surface area (Å²) in [5, 5.41) is 2.89. The van der Waals surface area contributed by atoms with Crippen LogP contribution in [0.3, 0.4) is 0 Å². The van der Waals surface area contributed by atoms with Crippen LogP contribution in [0.25, 0.3) is 0 Å². The van der Waals surface area contributed by atoms with Crippen molar-refractivity contribution in [3.8, 4) is 11.5 Å². The molecule has 0 bridgehead atoms. The normalized spacial score (nSPS) is 20.0. The molecule has 7 heteroatoms. The van der Waals surface area contributed by atoms with Gasteiger partial charge in [-0.1, -0.05) is 31.4 Å². The van der Waals surface area contributed by atoms with Crippen molar-refractivity contribution in [1.29, 1.82) is 0 Å². The van der Waals surface area contributed by atoms with Crippen LogP contribution in [0.1, 0.15) is 42.5 Å². The molecule has 2 aromatic carbocycles. The molecule has 2 unspecified atom stereocenters. The van der Waals surface area contributed by atoms with Gasteiger partial charge < -0.3 is 19.7 Å². The average Bonchev–Trinajstić information content (AvgIpc) is 2.86. The molecule has 1 aliphatic carbocycles. The number of piperidine rings is 1. The van der Waals surface area contributed by atoms with Gasteiger partial charge in [0.05, 0.1) is 25.5 Å². The van der Waals surface area contributed by atoms with E-state index in [1.807, 2.05) is 29.2 Å². The topological polar surface area (TPSA) is 67.9 Å². The Morgan fingerprint density at radius 3 is 2.55 bits per heavy atom. The zero-order valence-corrected chi connectivity index (χ0v) is 20.2. The largest absolute Gasteiger partial charge is 0.493 e. The summed E-state index contributed by atoms with van der Waals surface area (Å²) < 4.78 is 10.5. The molecule has 0 radical (unpaired) electrons. The van der Waals surface area contributed by atoms with Crippen LogP contribution in [0.2, 0.25) is 0 Å². The van der Waals surface area contributed by atoms with Crippen molar-refractivity contribution in [3.63, 3.8) is 0 Å². The SMILES string of the molecule is COc1ccc(NC(=O)CSc2ccccc2C(=O)N2CCC3CCCCC3C2)cc1OC. The predicted molar refractivity (Wildman–Crippen MR) is 131 cm³/mol. The Balaban J connectivity index is 1.37. The monoisotopic (exact) mass is 468 g/mol. The predicted octanol–water partition coefficient (Wildman–Crippen LogP) is 5.09. The summed E-state index contributed by atoms with van der Waals surface area (Å²) in [6.45, 7) is 1.70. The van der Waals surface area contributed by atoms with E-state index in [2.05, 4.69) is 5.32 Å². The quantitative estimate of drug-likeness (QED) is 0.574. The third-order valence-electron chi connectivity index (χ3n) is 6.72. The molecule has 2 fully saturated rings. The maximum atomic E-state index is 13.3.